The largest absolute Gasteiger partial charge is 0.418 e. The summed E-state index contributed by atoms with van der Waals surface area (Å²) in [6, 6.07) is 4.71. The molecule has 3 aromatic rings. The van der Waals surface area contributed by atoms with Gasteiger partial charge in [-0.3, -0.25) is 0 Å². The quantitative estimate of drug-likeness (QED) is 0.597. The SMILES string of the molecule is Cc1cc(-c2nnc(NCC3CCS(=O)(=O)C3)o2)nc2c(C(F)(F)F)cc(C3CC3)cc12. The summed E-state index contributed by atoms with van der Waals surface area (Å²) in [6.07, 6.45) is -2.18. The molecule has 1 aliphatic heterocycles. The number of sulfone groups is 1. The Labute approximate surface area is 182 Å². The first-order valence-electron chi connectivity index (χ1n) is 10.4. The van der Waals surface area contributed by atoms with Crippen LogP contribution in [0.5, 0.6) is 0 Å². The summed E-state index contributed by atoms with van der Waals surface area (Å²) in [4.78, 5) is 4.24. The van der Waals surface area contributed by atoms with Crippen molar-refractivity contribution in [1.82, 2.24) is 15.2 Å². The number of benzene rings is 1. The summed E-state index contributed by atoms with van der Waals surface area (Å²) >= 11 is 0. The van der Waals surface area contributed by atoms with Crippen LogP contribution in [0.3, 0.4) is 0 Å². The number of pyridine rings is 1. The number of nitrogens with zero attached hydrogens (tertiary/aromatic N) is 3. The summed E-state index contributed by atoms with van der Waals surface area (Å²) in [7, 11) is -2.99. The highest BCUT2D eigenvalue weighted by molar-refractivity contribution is 7.91. The van der Waals surface area contributed by atoms with E-state index in [4.69, 9.17) is 4.42 Å². The van der Waals surface area contributed by atoms with Crippen molar-refractivity contribution in [3.63, 3.8) is 0 Å². The summed E-state index contributed by atoms with van der Waals surface area (Å²) in [5, 5.41) is 11.2. The molecule has 0 radical (unpaired) electrons. The molecule has 1 aliphatic carbocycles. The Balaban J connectivity index is 1.45. The second-order valence-corrected chi connectivity index (χ2v) is 10.9. The molecular weight excluding hydrogens is 445 g/mol. The van der Waals surface area contributed by atoms with E-state index in [1.165, 1.54) is 6.07 Å². The third kappa shape index (κ3) is 4.17. The zero-order chi connectivity index (χ0) is 22.7. The molecule has 1 saturated carbocycles. The van der Waals surface area contributed by atoms with Gasteiger partial charge in [-0.1, -0.05) is 5.10 Å². The Hall–Kier alpha value is -2.69. The molecule has 2 aromatic heterocycles. The Morgan fingerprint density at radius 2 is 1.94 bits per heavy atom. The Bertz CT molecular complexity index is 1300. The van der Waals surface area contributed by atoms with Gasteiger partial charge in [-0.25, -0.2) is 13.4 Å². The minimum atomic E-state index is -4.54. The lowest BCUT2D eigenvalue weighted by molar-refractivity contribution is -0.136. The number of anilines is 1. The van der Waals surface area contributed by atoms with Crippen molar-refractivity contribution < 1.29 is 26.0 Å². The monoisotopic (exact) mass is 466 g/mol. The minimum absolute atomic E-state index is 0.00376. The molecule has 170 valence electrons. The number of aryl methyl sites for hydroxylation is 1. The highest BCUT2D eigenvalue weighted by atomic mass is 32.2. The predicted octanol–water partition coefficient (Wildman–Crippen LogP) is 4.34. The van der Waals surface area contributed by atoms with Crippen molar-refractivity contribution in [2.24, 2.45) is 5.92 Å². The molecule has 0 spiro atoms. The number of hydrogen-bond donors (Lipinski definition) is 1. The lowest BCUT2D eigenvalue weighted by Crippen LogP contribution is -2.15. The van der Waals surface area contributed by atoms with Gasteiger partial charge < -0.3 is 9.73 Å². The molecule has 0 bridgehead atoms. The molecule has 5 rings (SSSR count). The molecule has 1 saturated heterocycles. The van der Waals surface area contributed by atoms with Crippen LogP contribution in [0, 0.1) is 12.8 Å². The van der Waals surface area contributed by atoms with Crippen molar-refractivity contribution in [2.45, 2.75) is 38.3 Å². The average molecular weight is 466 g/mol. The summed E-state index contributed by atoms with van der Waals surface area (Å²) in [5.74, 6) is 0.398. The molecule has 1 aromatic carbocycles. The van der Waals surface area contributed by atoms with Crippen LogP contribution in [0.15, 0.2) is 22.6 Å². The molecule has 32 heavy (non-hydrogen) atoms. The number of hydrogen-bond acceptors (Lipinski definition) is 7. The van der Waals surface area contributed by atoms with Crippen molar-refractivity contribution in [2.75, 3.05) is 23.4 Å². The van der Waals surface area contributed by atoms with Crippen molar-refractivity contribution in [1.29, 1.82) is 0 Å². The fraction of sp³-hybridized carbons (Fsp3) is 0.476. The van der Waals surface area contributed by atoms with Gasteiger partial charge in [0.15, 0.2) is 9.84 Å². The van der Waals surface area contributed by atoms with E-state index in [0.29, 0.717) is 29.5 Å². The highest BCUT2D eigenvalue weighted by Crippen LogP contribution is 2.45. The van der Waals surface area contributed by atoms with Crippen LogP contribution in [-0.4, -0.2) is 41.6 Å². The molecule has 1 atom stereocenters. The highest BCUT2D eigenvalue weighted by Gasteiger charge is 2.36. The van der Waals surface area contributed by atoms with E-state index >= 15 is 0 Å². The summed E-state index contributed by atoms with van der Waals surface area (Å²) in [6.45, 7) is 2.09. The lowest BCUT2D eigenvalue weighted by atomic mass is 9.98. The third-order valence-corrected chi connectivity index (χ3v) is 7.85. The van der Waals surface area contributed by atoms with Gasteiger partial charge in [0.2, 0.25) is 0 Å². The van der Waals surface area contributed by atoms with Gasteiger partial charge in [0.1, 0.15) is 5.69 Å². The maximum absolute atomic E-state index is 13.8. The number of alkyl halides is 3. The normalized spacial score (nSPS) is 20.7. The first-order valence-corrected chi connectivity index (χ1v) is 12.2. The third-order valence-electron chi connectivity index (χ3n) is 6.01. The summed E-state index contributed by atoms with van der Waals surface area (Å²) < 4.78 is 70.1. The maximum Gasteiger partial charge on any atom is 0.418 e. The van der Waals surface area contributed by atoms with Crippen LogP contribution in [0.4, 0.5) is 19.2 Å². The fourth-order valence-corrected chi connectivity index (χ4v) is 6.02. The molecule has 2 aliphatic rings. The second-order valence-electron chi connectivity index (χ2n) is 8.62. The molecule has 1 unspecified atom stereocenters. The smallest absolute Gasteiger partial charge is 0.402 e. The molecular formula is C21H21F3N4O3S. The van der Waals surface area contributed by atoms with Gasteiger partial charge in [0, 0.05) is 11.9 Å². The topological polar surface area (TPSA) is 98.0 Å². The molecule has 0 amide bonds. The van der Waals surface area contributed by atoms with Crippen molar-refractivity contribution >= 4 is 26.8 Å². The standard InChI is InChI=1S/C21H21F3N4O3S/c1-11-6-17(19-27-28-20(31-19)25-9-12-4-5-32(29,30)10-12)26-18-15(11)7-14(13-2-3-13)8-16(18)21(22,23)24/h6-8,12-13H,2-5,9-10H2,1H3,(H,25,28). The fourth-order valence-electron chi connectivity index (χ4n) is 4.15. The van der Waals surface area contributed by atoms with Crippen LogP contribution < -0.4 is 5.32 Å². The number of halogens is 3. The Kier molecular flexibility index (Phi) is 4.92. The number of aromatic nitrogens is 3. The number of nitrogens with one attached hydrogen (secondary N) is 1. The zero-order valence-electron chi connectivity index (χ0n) is 17.2. The van der Waals surface area contributed by atoms with Gasteiger partial charge >= 0.3 is 12.2 Å². The van der Waals surface area contributed by atoms with Crippen LogP contribution in [0.1, 0.15) is 41.9 Å². The summed E-state index contributed by atoms with van der Waals surface area (Å²) in [5.41, 5.74) is 0.592. The molecule has 2 fully saturated rings. The predicted molar refractivity (Wildman–Crippen MR) is 112 cm³/mol. The van der Waals surface area contributed by atoms with Crippen LogP contribution >= 0.6 is 0 Å². The van der Waals surface area contributed by atoms with Crippen LogP contribution in [-0.2, 0) is 16.0 Å². The lowest BCUT2D eigenvalue weighted by Gasteiger charge is -2.14. The Morgan fingerprint density at radius 3 is 2.59 bits per heavy atom. The zero-order valence-corrected chi connectivity index (χ0v) is 18.1. The van der Waals surface area contributed by atoms with Gasteiger partial charge in [-0.05, 0) is 67.3 Å². The van der Waals surface area contributed by atoms with Gasteiger partial charge in [0.05, 0.1) is 22.6 Å². The molecule has 11 heteroatoms. The van der Waals surface area contributed by atoms with Crippen molar-refractivity contribution in [3.05, 3.63) is 34.9 Å². The number of rotatable bonds is 5. The van der Waals surface area contributed by atoms with Gasteiger partial charge in [0.25, 0.3) is 5.89 Å². The van der Waals surface area contributed by atoms with Gasteiger partial charge in [-0.15, -0.1) is 5.10 Å². The first kappa shape index (κ1) is 21.2. The van der Waals surface area contributed by atoms with E-state index in [1.807, 2.05) is 0 Å². The average Bonchev–Trinajstić information content (AvgIpc) is 3.35. The Morgan fingerprint density at radius 1 is 1.16 bits per heavy atom. The van der Waals surface area contributed by atoms with E-state index in [-0.39, 0.29) is 46.5 Å². The maximum atomic E-state index is 13.8. The van der Waals surface area contributed by atoms with E-state index in [2.05, 4.69) is 20.5 Å². The van der Waals surface area contributed by atoms with E-state index in [9.17, 15) is 21.6 Å². The van der Waals surface area contributed by atoms with Crippen molar-refractivity contribution in [3.8, 4) is 11.6 Å². The molecule has 3 heterocycles. The van der Waals surface area contributed by atoms with E-state index in [0.717, 1.165) is 12.8 Å². The van der Waals surface area contributed by atoms with Crippen LogP contribution in [0.2, 0.25) is 0 Å². The van der Waals surface area contributed by atoms with E-state index in [1.54, 1.807) is 19.1 Å². The molecule has 7 nitrogen and oxygen atoms in total. The van der Waals surface area contributed by atoms with E-state index < -0.39 is 21.6 Å². The van der Waals surface area contributed by atoms with Crippen LogP contribution in [0.25, 0.3) is 22.5 Å². The number of fused-ring (bicyclic) bond motifs is 1. The first-order chi connectivity index (χ1) is 15.1. The minimum Gasteiger partial charge on any atom is -0.402 e. The van der Waals surface area contributed by atoms with Gasteiger partial charge in [-0.2, -0.15) is 13.2 Å². The molecule has 1 N–H and O–H groups in total. The second kappa shape index (κ2) is 7.43.